The summed E-state index contributed by atoms with van der Waals surface area (Å²) in [5.41, 5.74) is 1.32. The van der Waals surface area contributed by atoms with Crippen LogP contribution in [-0.2, 0) is 22.7 Å². The molecule has 0 radical (unpaired) electrons. The molecule has 4 amide bonds. The Morgan fingerprint density at radius 1 is 1.23 bits per heavy atom. The van der Waals surface area contributed by atoms with Gasteiger partial charge in [0.1, 0.15) is 12.4 Å². The predicted octanol–water partition coefficient (Wildman–Crippen LogP) is 4.45. The number of amides is 4. The summed E-state index contributed by atoms with van der Waals surface area (Å²) in [6.07, 6.45) is 0.415. The molecule has 1 saturated carbocycles. The smallest absolute Gasteiger partial charge is 0.322 e. The van der Waals surface area contributed by atoms with Crippen LogP contribution in [0.15, 0.2) is 36.4 Å². The van der Waals surface area contributed by atoms with Gasteiger partial charge in [-0.25, -0.2) is 18.0 Å². The molecule has 5 rings (SSSR count). The van der Waals surface area contributed by atoms with Crippen molar-refractivity contribution in [3.8, 4) is 0 Å². The van der Waals surface area contributed by atoms with Crippen molar-refractivity contribution in [3.05, 3.63) is 58.5 Å². The zero-order valence-electron chi connectivity index (χ0n) is 23.5. The number of hydrogen-bond donors (Lipinski definition) is 3. The lowest BCUT2D eigenvalue weighted by Gasteiger charge is -2.32. The first kappa shape index (κ1) is 30.6. The average Bonchev–Trinajstić information content (AvgIpc) is 3.73. The van der Waals surface area contributed by atoms with Crippen molar-refractivity contribution in [1.82, 2.24) is 24.9 Å². The molecule has 2 aliphatic rings. The van der Waals surface area contributed by atoms with Crippen LogP contribution in [0.1, 0.15) is 50.0 Å². The van der Waals surface area contributed by atoms with E-state index in [4.69, 9.17) is 11.6 Å². The molecule has 2 heterocycles. The molecule has 230 valence electrons. The van der Waals surface area contributed by atoms with Crippen LogP contribution in [0, 0.1) is 5.82 Å². The fourth-order valence-electron chi connectivity index (χ4n) is 5.17. The van der Waals surface area contributed by atoms with Gasteiger partial charge in [-0.1, -0.05) is 23.7 Å². The Hall–Kier alpha value is -3.84. The van der Waals surface area contributed by atoms with E-state index in [0.717, 1.165) is 17.7 Å². The lowest BCUT2D eigenvalue weighted by atomic mass is 10.1. The number of nitrogens with zero attached hydrogens (tertiary/aromatic N) is 4. The molecule has 1 unspecified atom stereocenters. The molecular weight excluding hydrogens is 589 g/mol. The maximum Gasteiger partial charge on any atom is 0.322 e. The molecule has 10 nitrogen and oxygen atoms in total. The highest BCUT2D eigenvalue weighted by atomic mass is 35.5. The zero-order chi connectivity index (χ0) is 30.9. The van der Waals surface area contributed by atoms with Crippen molar-refractivity contribution in [2.24, 2.45) is 0 Å². The summed E-state index contributed by atoms with van der Waals surface area (Å²) < 4.78 is 43.2. The van der Waals surface area contributed by atoms with E-state index >= 15 is 0 Å². The number of piperidine rings is 1. The lowest BCUT2D eigenvalue weighted by Crippen LogP contribution is -2.47. The molecule has 3 aromatic rings. The van der Waals surface area contributed by atoms with E-state index in [1.807, 2.05) is 0 Å². The van der Waals surface area contributed by atoms with Crippen molar-refractivity contribution < 1.29 is 32.7 Å². The Bertz CT molecular complexity index is 1540. The number of likely N-dealkylation sites (tertiary alicyclic amines) is 1. The van der Waals surface area contributed by atoms with E-state index in [2.05, 4.69) is 15.7 Å². The summed E-state index contributed by atoms with van der Waals surface area (Å²) in [5.74, 6) is -4.37. The Balaban J connectivity index is 1.28. The van der Waals surface area contributed by atoms with E-state index in [1.165, 1.54) is 28.6 Å². The van der Waals surface area contributed by atoms with Gasteiger partial charge in [0, 0.05) is 42.2 Å². The van der Waals surface area contributed by atoms with Gasteiger partial charge >= 0.3 is 6.03 Å². The molecular formula is C29H32ClF3N6O4. The van der Waals surface area contributed by atoms with Gasteiger partial charge < -0.3 is 25.5 Å². The molecule has 1 aliphatic carbocycles. The SMILES string of the molecule is CC(O)c1nn(CC(=O)N(CC(=O)NCc2cccc(Cl)c2F)C2CC2)c2ccc(NC(=O)N3CCCC(F)(F)C3)cc12. The van der Waals surface area contributed by atoms with Gasteiger partial charge in [0.25, 0.3) is 5.92 Å². The van der Waals surface area contributed by atoms with Gasteiger partial charge in [-0.3, -0.25) is 14.3 Å². The second kappa shape index (κ2) is 12.4. The number of aliphatic hydroxyl groups excluding tert-OH is 1. The van der Waals surface area contributed by atoms with Gasteiger partial charge in [-0.05, 0) is 50.5 Å². The largest absolute Gasteiger partial charge is 0.387 e. The van der Waals surface area contributed by atoms with E-state index in [1.54, 1.807) is 24.3 Å². The van der Waals surface area contributed by atoms with Gasteiger partial charge in [0.2, 0.25) is 11.8 Å². The first-order valence-electron chi connectivity index (χ1n) is 14.0. The number of carbonyl (C=O) groups is 3. The normalized spacial score (nSPS) is 17.0. The summed E-state index contributed by atoms with van der Waals surface area (Å²) in [6, 6.07) is 8.50. The highest BCUT2D eigenvalue weighted by Gasteiger charge is 2.37. The number of aliphatic hydroxyl groups is 1. The summed E-state index contributed by atoms with van der Waals surface area (Å²) in [7, 11) is 0. The second-order valence-electron chi connectivity index (χ2n) is 11.0. The number of rotatable bonds is 9. The maximum absolute atomic E-state index is 14.2. The molecule has 14 heteroatoms. The average molecular weight is 621 g/mol. The third-order valence-electron chi connectivity index (χ3n) is 7.52. The zero-order valence-corrected chi connectivity index (χ0v) is 24.2. The molecule has 3 N–H and O–H groups in total. The lowest BCUT2D eigenvalue weighted by molar-refractivity contribution is -0.137. The number of urea groups is 1. The highest BCUT2D eigenvalue weighted by Crippen LogP contribution is 2.31. The van der Waals surface area contributed by atoms with Crippen molar-refractivity contribution in [2.45, 2.75) is 63.8 Å². The molecule has 1 aliphatic heterocycles. The van der Waals surface area contributed by atoms with Crippen LogP contribution in [0.5, 0.6) is 0 Å². The van der Waals surface area contributed by atoms with Crippen LogP contribution in [0.3, 0.4) is 0 Å². The predicted molar refractivity (Wildman–Crippen MR) is 153 cm³/mol. The van der Waals surface area contributed by atoms with Crippen LogP contribution < -0.4 is 10.6 Å². The van der Waals surface area contributed by atoms with E-state index in [0.29, 0.717) is 16.6 Å². The topological polar surface area (TPSA) is 120 Å². The van der Waals surface area contributed by atoms with Crippen LogP contribution in [0.25, 0.3) is 10.9 Å². The Morgan fingerprint density at radius 3 is 2.70 bits per heavy atom. The van der Waals surface area contributed by atoms with E-state index in [-0.39, 0.29) is 67.2 Å². The second-order valence-corrected chi connectivity index (χ2v) is 11.4. The molecule has 1 saturated heterocycles. The van der Waals surface area contributed by atoms with Crippen LogP contribution in [-0.4, -0.2) is 74.1 Å². The fourth-order valence-corrected chi connectivity index (χ4v) is 5.36. The number of anilines is 1. The molecule has 1 aromatic heterocycles. The number of alkyl halides is 2. The van der Waals surface area contributed by atoms with Crippen molar-refractivity contribution in [1.29, 1.82) is 0 Å². The maximum atomic E-state index is 14.2. The van der Waals surface area contributed by atoms with Gasteiger partial charge in [0.05, 0.1) is 35.4 Å². The van der Waals surface area contributed by atoms with E-state index in [9.17, 15) is 32.7 Å². The van der Waals surface area contributed by atoms with Crippen molar-refractivity contribution >= 4 is 46.0 Å². The molecule has 0 bridgehead atoms. The highest BCUT2D eigenvalue weighted by molar-refractivity contribution is 6.30. The summed E-state index contributed by atoms with van der Waals surface area (Å²) in [4.78, 5) is 41.3. The summed E-state index contributed by atoms with van der Waals surface area (Å²) in [5, 5.41) is 20.5. The Morgan fingerprint density at radius 2 is 2.00 bits per heavy atom. The van der Waals surface area contributed by atoms with Gasteiger partial charge in [-0.15, -0.1) is 0 Å². The fraction of sp³-hybridized carbons (Fsp3) is 0.448. The number of aromatic nitrogens is 2. The number of halogens is 4. The minimum Gasteiger partial charge on any atom is -0.387 e. The summed E-state index contributed by atoms with van der Waals surface area (Å²) >= 11 is 5.81. The van der Waals surface area contributed by atoms with Crippen LogP contribution >= 0.6 is 11.6 Å². The molecule has 2 fully saturated rings. The van der Waals surface area contributed by atoms with Crippen LogP contribution in [0.4, 0.5) is 23.7 Å². The van der Waals surface area contributed by atoms with Crippen molar-refractivity contribution in [3.63, 3.8) is 0 Å². The standard InChI is InChI=1S/C29H32ClF3N6O4/c1-17(40)27-21-12-19(35-28(43)37-11-3-10-29(32,33)16-37)6-9-23(21)39(36-27)15-25(42)38(20-7-8-20)14-24(41)34-13-18-4-2-5-22(30)26(18)31/h2,4-6,9,12,17,20,40H,3,7-8,10-11,13-16H2,1H3,(H,34,41)(H,35,43). The molecule has 2 aromatic carbocycles. The third-order valence-corrected chi connectivity index (χ3v) is 7.81. The number of carbonyl (C=O) groups excluding carboxylic acids is 3. The first-order valence-corrected chi connectivity index (χ1v) is 14.4. The molecule has 0 spiro atoms. The summed E-state index contributed by atoms with van der Waals surface area (Å²) in [6.45, 7) is 0.546. The quantitative estimate of drug-likeness (QED) is 0.327. The Kier molecular flexibility index (Phi) is 8.84. The monoisotopic (exact) mass is 620 g/mol. The Labute approximate surface area is 250 Å². The van der Waals surface area contributed by atoms with Crippen molar-refractivity contribution in [2.75, 3.05) is 25.0 Å². The van der Waals surface area contributed by atoms with Gasteiger partial charge in [-0.2, -0.15) is 5.10 Å². The minimum absolute atomic E-state index is 0.0503. The first-order chi connectivity index (χ1) is 20.4. The third kappa shape index (κ3) is 7.21. The number of fused-ring (bicyclic) bond motifs is 1. The number of nitrogens with one attached hydrogen (secondary N) is 2. The van der Waals surface area contributed by atoms with Gasteiger partial charge in [0.15, 0.2) is 0 Å². The molecule has 1 atom stereocenters. The van der Waals surface area contributed by atoms with E-state index < -0.39 is 36.3 Å². The number of benzene rings is 2. The molecule has 43 heavy (non-hydrogen) atoms. The minimum atomic E-state index is -2.93. The van der Waals surface area contributed by atoms with Crippen LogP contribution in [0.2, 0.25) is 5.02 Å². The number of hydrogen-bond acceptors (Lipinski definition) is 5.